The number of hydrogen-bond donors (Lipinski definition) is 0. The second-order valence-electron chi connectivity index (χ2n) is 3.50. The average molecular weight is 196 g/mol. The lowest BCUT2D eigenvalue weighted by molar-refractivity contribution is -0.108. The summed E-state index contributed by atoms with van der Waals surface area (Å²) in [6.45, 7) is 0. The molecule has 72 valence electrons. The molecule has 0 amide bonds. The molecule has 0 atom stereocenters. The molecule has 2 aromatic heterocycles. The van der Waals surface area contributed by atoms with Crippen molar-refractivity contribution in [1.29, 1.82) is 0 Å². The van der Waals surface area contributed by atoms with Crippen LogP contribution < -0.4 is 0 Å². The molecule has 2 aromatic rings. The minimum absolute atomic E-state index is 0.197. The standard InChI is InChI=1S/C12H8N2O/c15-7-10-8-3-1-5-13-11(8)12-9(10)4-2-6-14-12/h1-7,10H. The lowest BCUT2D eigenvalue weighted by Crippen LogP contribution is -1.97. The molecule has 0 aromatic carbocycles. The molecule has 0 saturated heterocycles. The van der Waals surface area contributed by atoms with Crippen molar-refractivity contribution in [3.63, 3.8) is 0 Å². The van der Waals surface area contributed by atoms with Gasteiger partial charge in [0.1, 0.15) is 6.29 Å². The molecule has 1 aliphatic carbocycles. The minimum Gasteiger partial charge on any atom is -0.302 e. The monoisotopic (exact) mass is 196 g/mol. The van der Waals surface area contributed by atoms with E-state index in [9.17, 15) is 4.79 Å². The summed E-state index contributed by atoms with van der Waals surface area (Å²) in [4.78, 5) is 19.6. The Hall–Kier alpha value is -2.03. The highest BCUT2D eigenvalue weighted by molar-refractivity contribution is 5.83. The number of nitrogens with zero attached hydrogens (tertiary/aromatic N) is 2. The summed E-state index contributed by atoms with van der Waals surface area (Å²) in [6, 6.07) is 7.56. The van der Waals surface area contributed by atoms with E-state index in [4.69, 9.17) is 0 Å². The van der Waals surface area contributed by atoms with Gasteiger partial charge in [-0.3, -0.25) is 9.97 Å². The lowest BCUT2D eigenvalue weighted by atomic mass is 10.0. The summed E-state index contributed by atoms with van der Waals surface area (Å²) in [7, 11) is 0. The van der Waals surface area contributed by atoms with Crippen molar-refractivity contribution in [3.8, 4) is 11.4 Å². The fourth-order valence-corrected chi connectivity index (χ4v) is 2.05. The Bertz CT molecular complexity index is 491. The normalized spacial score (nSPS) is 13.3. The fraction of sp³-hybridized carbons (Fsp3) is 0.0833. The molecule has 0 aliphatic heterocycles. The molecule has 3 heteroatoms. The summed E-state index contributed by atoms with van der Waals surface area (Å²) >= 11 is 0. The molecule has 15 heavy (non-hydrogen) atoms. The molecule has 0 spiro atoms. The van der Waals surface area contributed by atoms with Crippen LogP contribution in [-0.4, -0.2) is 16.3 Å². The van der Waals surface area contributed by atoms with Gasteiger partial charge in [0.05, 0.1) is 17.3 Å². The van der Waals surface area contributed by atoms with E-state index in [1.807, 2.05) is 24.3 Å². The zero-order chi connectivity index (χ0) is 10.3. The van der Waals surface area contributed by atoms with E-state index in [2.05, 4.69) is 9.97 Å². The highest BCUT2D eigenvalue weighted by Gasteiger charge is 2.29. The van der Waals surface area contributed by atoms with Crippen LogP contribution in [0.4, 0.5) is 0 Å². The average Bonchev–Trinajstić information content (AvgIpc) is 2.63. The third kappa shape index (κ3) is 1.03. The summed E-state index contributed by atoms with van der Waals surface area (Å²) in [5.41, 5.74) is 3.60. The minimum atomic E-state index is -0.197. The van der Waals surface area contributed by atoms with E-state index in [1.54, 1.807) is 12.4 Å². The fourth-order valence-electron chi connectivity index (χ4n) is 2.05. The highest BCUT2D eigenvalue weighted by Crippen LogP contribution is 2.40. The maximum atomic E-state index is 11.1. The van der Waals surface area contributed by atoms with Crippen LogP contribution in [0.2, 0.25) is 0 Å². The number of pyridine rings is 2. The van der Waals surface area contributed by atoms with Crippen LogP contribution in [0.3, 0.4) is 0 Å². The van der Waals surface area contributed by atoms with Gasteiger partial charge in [-0.15, -0.1) is 0 Å². The SMILES string of the molecule is O=CC1c2cccnc2-c2ncccc21. The topological polar surface area (TPSA) is 42.9 Å². The number of carbonyl (C=O) groups is 1. The molecule has 3 rings (SSSR count). The molecular formula is C12H8N2O. The van der Waals surface area contributed by atoms with Gasteiger partial charge in [-0.2, -0.15) is 0 Å². The van der Waals surface area contributed by atoms with Crippen LogP contribution in [0.1, 0.15) is 17.0 Å². The van der Waals surface area contributed by atoms with E-state index >= 15 is 0 Å². The van der Waals surface area contributed by atoms with Crippen LogP contribution >= 0.6 is 0 Å². The zero-order valence-corrected chi connectivity index (χ0v) is 7.92. The first-order chi connectivity index (χ1) is 7.42. The summed E-state index contributed by atoms with van der Waals surface area (Å²) in [5.74, 6) is -0.197. The Morgan fingerprint density at radius 1 is 1.00 bits per heavy atom. The van der Waals surface area contributed by atoms with Crippen molar-refractivity contribution in [2.75, 3.05) is 0 Å². The summed E-state index contributed by atoms with van der Waals surface area (Å²) in [5, 5.41) is 0. The largest absolute Gasteiger partial charge is 0.302 e. The third-order valence-corrected chi connectivity index (χ3v) is 2.71. The van der Waals surface area contributed by atoms with Crippen molar-refractivity contribution < 1.29 is 4.79 Å². The molecule has 0 N–H and O–H groups in total. The van der Waals surface area contributed by atoms with Gasteiger partial charge in [-0.1, -0.05) is 12.1 Å². The second kappa shape index (κ2) is 2.98. The van der Waals surface area contributed by atoms with Gasteiger partial charge in [-0.05, 0) is 23.3 Å². The number of aldehydes is 1. The van der Waals surface area contributed by atoms with Crippen LogP contribution in [0.15, 0.2) is 36.7 Å². The first-order valence-electron chi connectivity index (χ1n) is 4.77. The molecule has 0 fully saturated rings. The Morgan fingerprint density at radius 3 is 2.00 bits per heavy atom. The van der Waals surface area contributed by atoms with Gasteiger partial charge in [0.15, 0.2) is 0 Å². The van der Waals surface area contributed by atoms with Gasteiger partial charge in [0.25, 0.3) is 0 Å². The Kier molecular flexibility index (Phi) is 1.65. The van der Waals surface area contributed by atoms with Crippen LogP contribution in [-0.2, 0) is 4.79 Å². The van der Waals surface area contributed by atoms with E-state index in [-0.39, 0.29) is 5.92 Å². The first-order valence-corrected chi connectivity index (χ1v) is 4.77. The van der Waals surface area contributed by atoms with Crippen LogP contribution in [0.5, 0.6) is 0 Å². The van der Waals surface area contributed by atoms with Crippen LogP contribution in [0.25, 0.3) is 11.4 Å². The maximum absolute atomic E-state index is 11.1. The quantitative estimate of drug-likeness (QED) is 0.653. The number of aromatic nitrogens is 2. The zero-order valence-electron chi connectivity index (χ0n) is 7.92. The second-order valence-corrected chi connectivity index (χ2v) is 3.50. The van der Waals surface area contributed by atoms with E-state index in [0.29, 0.717) is 0 Å². The van der Waals surface area contributed by atoms with Crippen LogP contribution in [0, 0.1) is 0 Å². The van der Waals surface area contributed by atoms with E-state index < -0.39 is 0 Å². The van der Waals surface area contributed by atoms with Crippen molar-refractivity contribution >= 4 is 6.29 Å². The Labute approximate surface area is 86.8 Å². The highest BCUT2D eigenvalue weighted by atomic mass is 16.1. The van der Waals surface area contributed by atoms with Gasteiger partial charge in [0.2, 0.25) is 0 Å². The summed E-state index contributed by atoms with van der Waals surface area (Å²) < 4.78 is 0. The third-order valence-electron chi connectivity index (χ3n) is 2.71. The Morgan fingerprint density at radius 2 is 1.53 bits per heavy atom. The maximum Gasteiger partial charge on any atom is 0.132 e. The molecule has 0 unspecified atom stereocenters. The number of hydrogen-bond acceptors (Lipinski definition) is 3. The molecule has 0 bridgehead atoms. The Balaban J connectivity index is 2.35. The predicted octanol–water partition coefficient (Wildman–Crippen LogP) is 1.79. The van der Waals surface area contributed by atoms with Gasteiger partial charge < -0.3 is 4.79 Å². The van der Waals surface area contributed by atoms with Crippen molar-refractivity contribution in [3.05, 3.63) is 47.8 Å². The molecular weight excluding hydrogens is 188 g/mol. The van der Waals surface area contributed by atoms with E-state index in [1.165, 1.54) is 0 Å². The number of rotatable bonds is 1. The van der Waals surface area contributed by atoms with Crippen molar-refractivity contribution in [2.45, 2.75) is 5.92 Å². The summed E-state index contributed by atoms with van der Waals surface area (Å²) in [6.07, 6.45) is 4.41. The van der Waals surface area contributed by atoms with Crippen molar-refractivity contribution in [1.82, 2.24) is 9.97 Å². The molecule has 3 nitrogen and oxygen atoms in total. The predicted molar refractivity (Wildman–Crippen MR) is 55.4 cm³/mol. The number of carbonyl (C=O) groups excluding carboxylic acids is 1. The smallest absolute Gasteiger partial charge is 0.132 e. The van der Waals surface area contributed by atoms with Crippen molar-refractivity contribution in [2.24, 2.45) is 0 Å². The van der Waals surface area contributed by atoms with Gasteiger partial charge in [-0.25, -0.2) is 0 Å². The molecule has 1 aliphatic rings. The molecule has 0 saturated carbocycles. The number of fused-ring (bicyclic) bond motifs is 3. The van der Waals surface area contributed by atoms with Gasteiger partial charge in [0, 0.05) is 12.4 Å². The van der Waals surface area contributed by atoms with Gasteiger partial charge >= 0.3 is 0 Å². The first kappa shape index (κ1) is 8.29. The van der Waals surface area contributed by atoms with E-state index in [0.717, 1.165) is 28.8 Å². The lowest BCUT2D eigenvalue weighted by Gasteiger charge is -2.02. The molecule has 0 radical (unpaired) electrons. The molecule has 2 heterocycles.